The van der Waals surface area contributed by atoms with E-state index < -0.39 is 0 Å². The number of furan rings is 1. The topological polar surface area (TPSA) is 78.7 Å². The number of aryl methyl sites for hydroxylation is 2. The van der Waals surface area contributed by atoms with Crippen LogP contribution in [0.1, 0.15) is 46.6 Å². The van der Waals surface area contributed by atoms with E-state index in [1.165, 1.54) is 12.3 Å². The summed E-state index contributed by atoms with van der Waals surface area (Å²) >= 11 is 0. The highest BCUT2D eigenvalue weighted by molar-refractivity contribution is 14.0. The Hall–Kier alpha value is -2.10. The number of nitrogens with zero attached hydrogens (tertiary/aromatic N) is 1. The van der Waals surface area contributed by atoms with Gasteiger partial charge in [0.2, 0.25) is 0 Å². The van der Waals surface area contributed by atoms with Crippen molar-refractivity contribution in [3.8, 4) is 0 Å². The van der Waals surface area contributed by atoms with Crippen LogP contribution in [0.15, 0.2) is 39.9 Å². The molecular formula is C20H28FIN4O2. The van der Waals surface area contributed by atoms with Crippen LogP contribution >= 0.6 is 24.0 Å². The molecule has 0 bridgehead atoms. The van der Waals surface area contributed by atoms with Crippen molar-refractivity contribution in [3.63, 3.8) is 0 Å². The summed E-state index contributed by atoms with van der Waals surface area (Å²) in [5.74, 6) is 0.540. The number of hydrogen-bond donors (Lipinski definition) is 3. The zero-order valence-corrected chi connectivity index (χ0v) is 19.0. The summed E-state index contributed by atoms with van der Waals surface area (Å²) in [7, 11) is 1.68. The van der Waals surface area contributed by atoms with E-state index in [2.05, 4.69) is 20.9 Å². The minimum Gasteiger partial charge on any atom is -0.459 e. The lowest BCUT2D eigenvalue weighted by Crippen LogP contribution is -2.40. The Kier molecular flexibility index (Phi) is 9.98. The van der Waals surface area contributed by atoms with Crippen molar-refractivity contribution in [2.45, 2.75) is 33.2 Å². The third kappa shape index (κ3) is 6.81. The van der Waals surface area contributed by atoms with Gasteiger partial charge in [0.1, 0.15) is 5.82 Å². The van der Waals surface area contributed by atoms with E-state index in [1.54, 1.807) is 26.1 Å². The predicted octanol–water partition coefficient (Wildman–Crippen LogP) is 3.70. The zero-order chi connectivity index (χ0) is 19.8. The molecule has 154 valence electrons. The summed E-state index contributed by atoms with van der Waals surface area (Å²) in [6.07, 6.45) is 2.22. The number of amides is 1. The van der Waals surface area contributed by atoms with Crippen molar-refractivity contribution in [1.29, 1.82) is 0 Å². The van der Waals surface area contributed by atoms with E-state index in [0.29, 0.717) is 30.4 Å². The summed E-state index contributed by atoms with van der Waals surface area (Å²) in [4.78, 5) is 16.1. The van der Waals surface area contributed by atoms with Crippen molar-refractivity contribution >= 4 is 35.8 Å². The molecule has 1 heterocycles. The Morgan fingerprint density at radius 2 is 1.89 bits per heavy atom. The van der Waals surface area contributed by atoms with Crippen molar-refractivity contribution < 1.29 is 13.6 Å². The molecule has 0 spiro atoms. The van der Waals surface area contributed by atoms with E-state index in [9.17, 15) is 9.18 Å². The summed E-state index contributed by atoms with van der Waals surface area (Å²) < 4.78 is 18.9. The van der Waals surface area contributed by atoms with Crippen LogP contribution in [0.25, 0.3) is 0 Å². The molecule has 1 amide bonds. The number of nitrogens with one attached hydrogen (secondary N) is 3. The summed E-state index contributed by atoms with van der Waals surface area (Å²) in [6, 6.07) is 6.87. The van der Waals surface area contributed by atoms with E-state index in [-0.39, 0.29) is 41.7 Å². The van der Waals surface area contributed by atoms with E-state index in [4.69, 9.17) is 4.42 Å². The molecule has 3 N–H and O–H groups in total. The average Bonchev–Trinajstić information content (AvgIpc) is 3.08. The molecule has 0 aliphatic rings. The molecule has 2 rings (SSSR count). The first kappa shape index (κ1) is 23.9. The predicted molar refractivity (Wildman–Crippen MR) is 120 cm³/mol. The maximum absolute atomic E-state index is 13.7. The fourth-order valence-electron chi connectivity index (χ4n) is 2.54. The molecule has 0 fully saturated rings. The van der Waals surface area contributed by atoms with Gasteiger partial charge in [0.15, 0.2) is 11.7 Å². The van der Waals surface area contributed by atoms with Gasteiger partial charge >= 0.3 is 0 Å². The highest BCUT2D eigenvalue weighted by atomic mass is 127. The second-order valence-corrected chi connectivity index (χ2v) is 6.42. The Labute approximate surface area is 182 Å². The van der Waals surface area contributed by atoms with Gasteiger partial charge in [-0.05, 0) is 50.5 Å². The molecule has 0 saturated carbocycles. The molecular weight excluding hydrogens is 474 g/mol. The van der Waals surface area contributed by atoms with Gasteiger partial charge in [0.05, 0.1) is 12.3 Å². The lowest BCUT2D eigenvalue weighted by molar-refractivity contribution is 0.0925. The summed E-state index contributed by atoms with van der Waals surface area (Å²) in [5.41, 5.74) is 2.29. The third-order valence-corrected chi connectivity index (χ3v) is 4.27. The first-order valence-electron chi connectivity index (χ1n) is 8.98. The second kappa shape index (κ2) is 11.7. The molecule has 0 radical (unpaired) electrons. The van der Waals surface area contributed by atoms with Gasteiger partial charge in [0, 0.05) is 25.7 Å². The zero-order valence-electron chi connectivity index (χ0n) is 16.6. The normalized spacial score (nSPS) is 12.1. The number of carbonyl (C=O) groups excluding carboxylic acids is 1. The number of guanidine groups is 1. The Bertz CT molecular complexity index is 807. The summed E-state index contributed by atoms with van der Waals surface area (Å²) in [5, 5.41) is 9.24. The fourth-order valence-corrected chi connectivity index (χ4v) is 2.54. The molecule has 6 nitrogen and oxygen atoms in total. The number of carbonyl (C=O) groups is 1. The molecule has 0 saturated heterocycles. The standard InChI is InChI=1S/C20H27FN4O2.HI/c1-13-6-7-16(12-17(13)21)15(3)25-20(22-4)24-10-5-9-23-19(26)18-14(2)8-11-27-18;/h6-8,11-12,15H,5,9-10H2,1-4H3,(H,23,26)(H2,22,24,25);1H. The quantitative estimate of drug-likeness (QED) is 0.234. The number of rotatable bonds is 7. The van der Waals surface area contributed by atoms with E-state index in [0.717, 1.165) is 17.5 Å². The first-order chi connectivity index (χ1) is 12.9. The second-order valence-electron chi connectivity index (χ2n) is 6.42. The van der Waals surface area contributed by atoms with E-state index in [1.807, 2.05) is 19.9 Å². The number of aliphatic imine (C=N–C) groups is 1. The Morgan fingerprint density at radius 1 is 1.18 bits per heavy atom. The van der Waals surface area contributed by atoms with Gasteiger partial charge in [-0.3, -0.25) is 9.79 Å². The lowest BCUT2D eigenvalue weighted by atomic mass is 10.1. The molecule has 0 aliphatic carbocycles. The highest BCUT2D eigenvalue weighted by Gasteiger charge is 2.12. The van der Waals surface area contributed by atoms with Gasteiger partial charge in [-0.15, -0.1) is 24.0 Å². The van der Waals surface area contributed by atoms with Crippen LogP contribution in [0.4, 0.5) is 4.39 Å². The number of hydrogen-bond acceptors (Lipinski definition) is 3. The fraction of sp³-hybridized carbons (Fsp3) is 0.400. The monoisotopic (exact) mass is 502 g/mol. The Morgan fingerprint density at radius 3 is 2.50 bits per heavy atom. The third-order valence-electron chi connectivity index (χ3n) is 4.27. The molecule has 0 aliphatic heterocycles. The van der Waals surface area contributed by atoms with Gasteiger partial charge in [-0.1, -0.05) is 12.1 Å². The van der Waals surface area contributed by atoms with Gasteiger partial charge in [-0.25, -0.2) is 4.39 Å². The molecule has 8 heteroatoms. The van der Waals surface area contributed by atoms with Crippen molar-refractivity contribution in [1.82, 2.24) is 16.0 Å². The minimum absolute atomic E-state index is 0. The molecule has 2 aromatic rings. The molecule has 1 atom stereocenters. The summed E-state index contributed by atoms with van der Waals surface area (Å²) in [6.45, 7) is 6.66. The average molecular weight is 502 g/mol. The largest absolute Gasteiger partial charge is 0.459 e. The van der Waals surface area contributed by atoms with Gasteiger partial charge in [-0.2, -0.15) is 0 Å². The van der Waals surface area contributed by atoms with Crippen LogP contribution in [-0.2, 0) is 0 Å². The van der Waals surface area contributed by atoms with Crippen molar-refractivity contribution in [3.05, 3.63) is 58.8 Å². The van der Waals surface area contributed by atoms with Gasteiger partial charge < -0.3 is 20.4 Å². The molecule has 1 unspecified atom stereocenters. The molecule has 1 aromatic heterocycles. The highest BCUT2D eigenvalue weighted by Crippen LogP contribution is 2.16. The molecule has 1 aromatic carbocycles. The van der Waals surface area contributed by atoms with E-state index >= 15 is 0 Å². The number of halogens is 2. The minimum atomic E-state index is -0.216. The van der Waals surface area contributed by atoms with Crippen LogP contribution in [0.2, 0.25) is 0 Å². The Balaban J connectivity index is 0.00000392. The SMILES string of the molecule is CN=C(NCCCNC(=O)c1occc1C)NC(C)c1ccc(C)c(F)c1.I. The number of benzene rings is 1. The van der Waals surface area contributed by atoms with Crippen LogP contribution in [0.3, 0.4) is 0 Å². The van der Waals surface area contributed by atoms with Crippen LogP contribution in [0.5, 0.6) is 0 Å². The lowest BCUT2D eigenvalue weighted by Gasteiger charge is -2.18. The van der Waals surface area contributed by atoms with Gasteiger partial charge in [0.25, 0.3) is 5.91 Å². The maximum Gasteiger partial charge on any atom is 0.287 e. The first-order valence-corrected chi connectivity index (χ1v) is 8.98. The van der Waals surface area contributed by atoms with Crippen molar-refractivity contribution in [2.75, 3.05) is 20.1 Å². The molecule has 28 heavy (non-hydrogen) atoms. The van der Waals surface area contributed by atoms with Crippen LogP contribution in [-0.4, -0.2) is 32.0 Å². The van der Waals surface area contributed by atoms with Crippen LogP contribution < -0.4 is 16.0 Å². The maximum atomic E-state index is 13.7. The van der Waals surface area contributed by atoms with Crippen molar-refractivity contribution in [2.24, 2.45) is 4.99 Å². The smallest absolute Gasteiger partial charge is 0.287 e. The van der Waals surface area contributed by atoms with Crippen LogP contribution in [0, 0.1) is 19.7 Å².